The van der Waals surface area contributed by atoms with Crippen LogP contribution in [0.25, 0.3) is 0 Å². The first-order chi connectivity index (χ1) is 22.0. The number of hydrogen-bond acceptors (Lipinski definition) is 3. The zero-order valence-corrected chi connectivity index (χ0v) is 29.2. The summed E-state index contributed by atoms with van der Waals surface area (Å²) in [5, 5.41) is 6.09. The number of nitrogens with zero attached hydrogens (tertiary/aromatic N) is 1. The Morgan fingerprint density at radius 3 is 1.09 bits per heavy atom. The van der Waals surface area contributed by atoms with Crippen LogP contribution in [0.4, 0.5) is 0 Å². The summed E-state index contributed by atoms with van der Waals surface area (Å²) in [5.41, 5.74) is 0. The minimum atomic E-state index is 0.114. The van der Waals surface area contributed by atoms with Crippen LogP contribution in [0, 0.1) is 0 Å². The van der Waals surface area contributed by atoms with Gasteiger partial charge in [0.1, 0.15) is 0 Å². The highest BCUT2D eigenvalue weighted by Gasteiger charge is 2.13. The molecule has 2 N–H and O–H groups in total. The SMILES string of the molecule is C=CCCCCCCCCC(=O)NCCCN(CCCNC(=O)CCCCCCCCC=C)C(=O)CCCCCCCCC=C. The summed E-state index contributed by atoms with van der Waals surface area (Å²) in [5.74, 6) is 0.423. The van der Waals surface area contributed by atoms with Gasteiger partial charge in [0.25, 0.3) is 0 Å². The van der Waals surface area contributed by atoms with Gasteiger partial charge < -0.3 is 15.5 Å². The lowest BCUT2D eigenvalue weighted by Crippen LogP contribution is -2.36. The van der Waals surface area contributed by atoms with Crippen LogP contribution in [0.3, 0.4) is 0 Å². The van der Waals surface area contributed by atoms with E-state index >= 15 is 0 Å². The Labute approximate surface area is 278 Å². The fraction of sp³-hybridized carbons (Fsp3) is 0.769. The second-order valence-electron chi connectivity index (χ2n) is 12.6. The molecule has 0 aliphatic carbocycles. The molecule has 0 heterocycles. The lowest BCUT2D eigenvalue weighted by molar-refractivity contribution is -0.131. The number of hydrogen-bond donors (Lipinski definition) is 2. The summed E-state index contributed by atoms with van der Waals surface area (Å²) >= 11 is 0. The maximum Gasteiger partial charge on any atom is 0.222 e. The normalized spacial score (nSPS) is 10.8. The van der Waals surface area contributed by atoms with Gasteiger partial charge in [-0.2, -0.15) is 0 Å². The van der Waals surface area contributed by atoms with Gasteiger partial charge in [-0.1, -0.05) is 95.3 Å². The van der Waals surface area contributed by atoms with Gasteiger partial charge in [0.05, 0.1) is 0 Å². The van der Waals surface area contributed by atoms with E-state index in [0.717, 1.165) is 70.6 Å². The average Bonchev–Trinajstić information content (AvgIpc) is 3.03. The quantitative estimate of drug-likeness (QED) is 0.0541. The Balaban J connectivity index is 4.29. The maximum absolute atomic E-state index is 13.1. The summed E-state index contributed by atoms with van der Waals surface area (Å²) < 4.78 is 0. The van der Waals surface area contributed by atoms with E-state index in [0.29, 0.717) is 45.4 Å². The van der Waals surface area contributed by atoms with Gasteiger partial charge in [0, 0.05) is 45.4 Å². The Kier molecular flexibility index (Phi) is 32.7. The van der Waals surface area contributed by atoms with Crippen molar-refractivity contribution >= 4 is 17.7 Å². The van der Waals surface area contributed by atoms with E-state index in [9.17, 15) is 14.4 Å². The largest absolute Gasteiger partial charge is 0.356 e. The van der Waals surface area contributed by atoms with Crippen LogP contribution in [-0.4, -0.2) is 48.8 Å². The average molecular weight is 630 g/mol. The number of carbonyl (C=O) groups is 3. The van der Waals surface area contributed by atoms with Crippen molar-refractivity contribution in [2.24, 2.45) is 0 Å². The lowest BCUT2D eigenvalue weighted by atomic mass is 10.1. The zero-order chi connectivity index (χ0) is 33.1. The van der Waals surface area contributed by atoms with Crippen molar-refractivity contribution < 1.29 is 14.4 Å². The third-order valence-corrected chi connectivity index (χ3v) is 8.38. The topological polar surface area (TPSA) is 78.5 Å². The summed E-state index contributed by atoms with van der Waals surface area (Å²) in [7, 11) is 0. The molecule has 6 heteroatoms. The van der Waals surface area contributed by atoms with E-state index < -0.39 is 0 Å². The smallest absolute Gasteiger partial charge is 0.222 e. The molecule has 0 aliphatic heterocycles. The summed E-state index contributed by atoms with van der Waals surface area (Å²) in [4.78, 5) is 39.6. The molecule has 0 bridgehead atoms. The first kappa shape index (κ1) is 42.6. The molecule has 45 heavy (non-hydrogen) atoms. The van der Waals surface area contributed by atoms with Gasteiger partial charge >= 0.3 is 0 Å². The van der Waals surface area contributed by atoms with Crippen molar-refractivity contribution in [2.75, 3.05) is 26.2 Å². The first-order valence-corrected chi connectivity index (χ1v) is 18.7. The number of unbranched alkanes of at least 4 members (excludes halogenated alkanes) is 18. The zero-order valence-electron chi connectivity index (χ0n) is 29.2. The van der Waals surface area contributed by atoms with Crippen LogP contribution in [-0.2, 0) is 14.4 Å². The maximum atomic E-state index is 13.1. The molecule has 0 radical (unpaired) electrons. The van der Waals surface area contributed by atoms with Gasteiger partial charge in [-0.25, -0.2) is 0 Å². The highest BCUT2D eigenvalue weighted by atomic mass is 16.2. The molecule has 260 valence electrons. The van der Waals surface area contributed by atoms with E-state index in [4.69, 9.17) is 0 Å². The fourth-order valence-corrected chi connectivity index (χ4v) is 5.53. The van der Waals surface area contributed by atoms with Crippen LogP contribution < -0.4 is 10.6 Å². The second kappa shape index (κ2) is 34.5. The summed E-state index contributed by atoms with van der Waals surface area (Å²) in [6.45, 7) is 13.8. The molecule has 0 aromatic carbocycles. The van der Waals surface area contributed by atoms with E-state index in [1.807, 2.05) is 23.1 Å². The number of nitrogens with one attached hydrogen (secondary N) is 2. The minimum absolute atomic E-state index is 0.114. The molecule has 0 fully saturated rings. The van der Waals surface area contributed by atoms with Gasteiger partial charge in [-0.3, -0.25) is 14.4 Å². The van der Waals surface area contributed by atoms with Crippen LogP contribution in [0.15, 0.2) is 38.0 Å². The van der Waals surface area contributed by atoms with Crippen LogP contribution in [0.1, 0.15) is 167 Å². The Hall–Kier alpha value is -2.37. The first-order valence-electron chi connectivity index (χ1n) is 18.7. The Morgan fingerprint density at radius 1 is 0.422 bits per heavy atom. The van der Waals surface area contributed by atoms with Crippen LogP contribution in [0.5, 0.6) is 0 Å². The van der Waals surface area contributed by atoms with Crippen LogP contribution >= 0.6 is 0 Å². The third kappa shape index (κ3) is 31.4. The van der Waals surface area contributed by atoms with Gasteiger partial charge in [-0.05, 0) is 70.6 Å². The van der Waals surface area contributed by atoms with E-state index in [1.54, 1.807) is 0 Å². The van der Waals surface area contributed by atoms with Gasteiger partial charge in [0.2, 0.25) is 17.7 Å². The van der Waals surface area contributed by atoms with E-state index in [2.05, 4.69) is 30.4 Å². The molecule has 0 rings (SSSR count). The van der Waals surface area contributed by atoms with Gasteiger partial charge in [0.15, 0.2) is 0 Å². The molecule has 0 unspecified atom stereocenters. The van der Waals surface area contributed by atoms with Gasteiger partial charge in [-0.15, -0.1) is 19.7 Å². The van der Waals surface area contributed by atoms with Crippen molar-refractivity contribution in [3.63, 3.8) is 0 Å². The number of allylic oxidation sites excluding steroid dienone is 3. The molecule has 0 aromatic heterocycles. The summed E-state index contributed by atoms with van der Waals surface area (Å²) in [6.07, 6.45) is 33.1. The molecular formula is C39H71N3O3. The fourth-order valence-electron chi connectivity index (χ4n) is 5.53. The Bertz CT molecular complexity index is 708. The highest BCUT2D eigenvalue weighted by molar-refractivity contribution is 5.77. The predicted molar refractivity (Wildman–Crippen MR) is 193 cm³/mol. The highest BCUT2D eigenvalue weighted by Crippen LogP contribution is 2.12. The van der Waals surface area contributed by atoms with Crippen molar-refractivity contribution in [1.82, 2.24) is 15.5 Å². The van der Waals surface area contributed by atoms with Crippen molar-refractivity contribution in [3.8, 4) is 0 Å². The molecular weight excluding hydrogens is 558 g/mol. The standard InChI is InChI=1S/C39H71N3O3/c1-4-7-10-13-16-19-22-25-30-37(43)40-33-28-35-42(39(45)32-27-24-21-18-15-12-9-6-3)36-29-34-41-38(44)31-26-23-20-17-14-11-8-5-2/h4-6H,1-3,7-36H2,(H,40,43)(H,41,44). The predicted octanol–water partition coefficient (Wildman–Crippen LogP) is 9.75. The van der Waals surface area contributed by atoms with E-state index in [-0.39, 0.29) is 17.7 Å². The monoisotopic (exact) mass is 630 g/mol. The molecule has 0 aliphatic rings. The molecule has 0 aromatic rings. The second-order valence-corrected chi connectivity index (χ2v) is 12.6. The molecule has 0 spiro atoms. The van der Waals surface area contributed by atoms with E-state index in [1.165, 1.54) is 77.0 Å². The third-order valence-electron chi connectivity index (χ3n) is 8.38. The summed E-state index contributed by atoms with van der Waals surface area (Å²) in [6, 6.07) is 0. The molecule has 0 atom stereocenters. The van der Waals surface area contributed by atoms with Crippen molar-refractivity contribution in [3.05, 3.63) is 38.0 Å². The molecule has 0 saturated heterocycles. The van der Waals surface area contributed by atoms with Crippen molar-refractivity contribution in [1.29, 1.82) is 0 Å². The van der Waals surface area contributed by atoms with Crippen molar-refractivity contribution in [2.45, 2.75) is 167 Å². The lowest BCUT2D eigenvalue weighted by Gasteiger charge is -2.23. The Morgan fingerprint density at radius 2 is 0.733 bits per heavy atom. The molecule has 3 amide bonds. The molecule has 0 saturated carbocycles. The minimum Gasteiger partial charge on any atom is -0.356 e. The van der Waals surface area contributed by atoms with Crippen LogP contribution in [0.2, 0.25) is 0 Å². The number of amides is 3. The number of carbonyl (C=O) groups excluding carboxylic acids is 3. The molecule has 6 nitrogen and oxygen atoms in total. The number of rotatable bonds is 35.